The van der Waals surface area contributed by atoms with Gasteiger partial charge < -0.3 is 24.8 Å². The number of rotatable bonds is 5. The van der Waals surface area contributed by atoms with E-state index in [-0.39, 0.29) is 11.8 Å². The van der Waals surface area contributed by atoms with Crippen LogP contribution >= 0.6 is 0 Å². The van der Waals surface area contributed by atoms with Crippen molar-refractivity contribution in [1.29, 1.82) is 0 Å². The summed E-state index contributed by atoms with van der Waals surface area (Å²) in [6, 6.07) is 10.5. The van der Waals surface area contributed by atoms with Gasteiger partial charge in [-0.3, -0.25) is 9.59 Å². The lowest BCUT2D eigenvalue weighted by Crippen LogP contribution is -2.15. The van der Waals surface area contributed by atoms with Crippen molar-refractivity contribution in [3.05, 3.63) is 48.0 Å². The molecule has 27 heavy (non-hydrogen) atoms. The van der Waals surface area contributed by atoms with E-state index in [2.05, 4.69) is 10.6 Å². The van der Waals surface area contributed by atoms with E-state index in [1.165, 1.54) is 20.1 Å². The molecule has 0 fully saturated rings. The van der Waals surface area contributed by atoms with E-state index < -0.39 is 0 Å². The second-order valence-electron chi connectivity index (χ2n) is 5.82. The fraction of sp³-hybridized carbons (Fsp3) is 0.200. The zero-order chi connectivity index (χ0) is 19.2. The SMILES string of the molecule is COc1ccc(NC(C)=O)cc1NC(=O)C=Cc1ccc2c(c1)OCCO2. The van der Waals surface area contributed by atoms with Crippen molar-refractivity contribution in [3.63, 3.8) is 0 Å². The Labute approximate surface area is 156 Å². The molecule has 2 aromatic carbocycles. The molecule has 0 bridgehead atoms. The van der Waals surface area contributed by atoms with Gasteiger partial charge in [-0.15, -0.1) is 0 Å². The maximum atomic E-state index is 12.3. The van der Waals surface area contributed by atoms with Crippen molar-refractivity contribution in [2.24, 2.45) is 0 Å². The fourth-order valence-corrected chi connectivity index (χ4v) is 2.60. The van der Waals surface area contributed by atoms with Crippen LogP contribution in [0.3, 0.4) is 0 Å². The Morgan fingerprint density at radius 3 is 2.56 bits per heavy atom. The third-order valence-electron chi connectivity index (χ3n) is 3.77. The number of benzene rings is 2. The second kappa shape index (κ2) is 8.27. The van der Waals surface area contributed by atoms with Crippen molar-refractivity contribution in [3.8, 4) is 17.2 Å². The van der Waals surface area contributed by atoms with Gasteiger partial charge in [-0.05, 0) is 42.0 Å². The summed E-state index contributed by atoms with van der Waals surface area (Å²) < 4.78 is 16.3. The molecule has 3 rings (SSSR count). The number of amides is 2. The van der Waals surface area contributed by atoms with Crippen LogP contribution in [0.2, 0.25) is 0 Å². The molecule has 2 aromatic rings. The molecule has 140 valence electrons. The molecule has 7 heteroatoms. The largest absolute Gasteiger partial charge is 0.495 e. The normalized spacial score (nSPS) is 12.5. The molecule has 0 unspecified atom stereocenters. The lowest BCUT2D eigenvalue weighted by atomic mass is 10.1. The molecule has 0 saturated carbocycles. The van der Waals surface area contributed by atoms with Crippen LogP contribution in [0.15, 0.2) is 42.5 Å². The Bertz CT molecular complexity index is 892. The van der Waals surface area contributed by atoms with Gasteiger partial charge >= 0.3 is 0 Å². The second-order valence-corrected chi connectivity index (χ2v) is 5.82. The molecule has 0 aromatic heterocycles. The van der Waals surface area contributed by atoms with Crippen LogP contribution in [0.1, 0.15) is 12.5 Å². The molecule has 7 nitrogen and oxygen atoms in total. The topological polar surface area (TPSA) is 85.9 Å². The number of nitrogens with one attached hydrogen (secondary N) is 2. The summed E-state index contributed by atoms with van der Waals surface area (Å²) >= 11 is 0. The number of carbonyl (C=O) groups is 2. The van der Waals surface area contributed by atoms with E-state index in [9.17, 15) is 9.59 Å². The Hall–Kier alpha value is -3.48. The van der Waals surface area contributed by atoms with Gasteiger partial charge in [-0.2, -0.15) is 0 Å². The van der Waals surface area contributed by atoms with Crippen LogP contribution < -0.4 is 24.8 Å². The summed E-state index contributed by atoms with van der Waals surface area (Å²) in [7, 11) is 1.51. The van der Waals surface area contributed by atoms with Crippen LogP contribution in [-0.4, -0.2) is 32.1 Å². The summed E-state index contributed by atoms with van der Waals surface area (Å²) in [5, 5.41) is 5.42. The third kappa shape index (κ3) is 4.78. The molecule has 2 amide bonds. The summed E-state index contributed by atoms with van der Waals surface area (Å²) in [5.41, 5.74) is 1.84. The monoisotopic (exact) mass is 368 g/mol. The van der Waals surface area contributed by atoms with Crippen molar-refractivity contribution in [2.45, 2.75) is 6.92 Å². The Morgan fingerprint density at radius 2 is 1.81 bits per heavy atom. The number of hydrogen-bond donors (Lipinski definition) is 2. The molecule has 1 heterocycles. The average molecular weight is 368 g/mol. The molecule has 2 N–H and O–H groups in total. The molecule has 0 spiro atoms. The third-order valence-corrected chi connectivity index (χ3v) is 3.77. The quantitative estimate of drug-likeness (QED) is 0.792. The van der Waals surface area contributed by atoms with Gasteiger partial charge in [0.05, 0.1) is 12.8 Å². The molecular formula is C20H20N2O5. The van der Waals surface area contributed by atoms with Gasteiger partial charge in [0.1, 0.15) is 19.0 Å². The molecule has 1 aliphatic rings. The number of ether oxygens (including phenoxy) is 3. The smallest absolute Gasteiger partial charge is 0.248 e. The Kier molecular flexibility index (Phi) is 5.61. The van der Waals surface area contributed by atoms with Crippen LogP contribution in [0.4, 0.5) is 11.4 Å². The van der Waals surface area contributed by atoms with Crippen molar-refractivity contribution in [2.75, 3.05) is 31.0 Å². The highest BCUT2D eigenvalue weighted by atomic mass is 16.6. The zero-order valence-corrected chi connectivity index (χ0v) is 15.1. The van der Waals surface area contributed by atoms with Gasteiger partial charge in [-0.25, -0.2) is 0 Å². The summed E-state index contributed by atoms with van der Waals surface area (Å²) in [6.07, 6.45) is 3.09. The number of hydrogen-bond acceptors (Lipinski definition) is 5. The van der Waals surface area contributed by atoms with Crippen LogP contribution in [0.25, 0.3) is 6.08 Å². The van der Waals surface area contributed by atoms with Gasteiger partial charge in [-0.1, -0.05) is 6.07 Å². The minimum Gasteiger partial charge on any atom is -0.495 e. The lowest BCUT2D eigenvalue weighted by molar-refractivity contribution is -0.114. The van der Waals surface area contributed by atoms with Gasteiger partial charge in [0.25, 0.3) is 0 Å². The molecular weight excluding hydrogens is 348 g/mol. The standard InChI is InChI=1S/C20H20N2O5/c1-13(23)21-15-5-7-17(25-2)16(12-15)22-20(24)8-4-14-3-6-18-19(11-14)27-10-9-26-18/h3-8,11-12H,9-10H2,1-2H3,(H,21,23)(H,22,24). The number of methoxy groups -OCH3 is 1. The maximum Gasteiger partial charge on any atom is 0.248 e. The summed E-state index contributed by atoms with van der Waals surface area (Å²) in [5.74, 6) is 1.32. The molecule has 0 radical (unpaired) electrons. The average Bonchev–Trinajstić information content (AvgIpc) is 2.66. The van der Waals surface area contributed by atoms with Crippen LogP contribution in [0.5, 0.6) is 17.2 Å². The van der Waals surface area contributed by atoms with Crippen molar-refractivity contribution in [1.82, 2.24) is 0 Å². The van der Waals surface area contributed by atoms with E-state index in [1.54, 1.807) is 24.3 Å². The molecule has 0 atom stereocenters. The first kappa shape index (κ1) is 18.3. The highest BCUT2D eigenvalue weighted by Gasteiger charge is 2.11. The van der Waals surface area contributed by atoms with E-state index in [4.69, 9.17) is 14.2 Å². The predicted molar refractivity (Wildman–Crippen MR) is 102 cm³/mol. The van der Waals surface area contributed by atoms with E-state index in [0.717, 1.165) is 5.56 Å². The van der Waals surface area contributed by atoms with Crippen LogP contribution in [0, 0.1) is 0 Å². The first-order valence-corrected chi connectivity index (χ1v) is 8.39. The highest BCUT2D eigenvalue weighted by molar-refractivity contribution is 6.03. The molecule has 0 aliphatic carbocycles. The lowest BCUT2D eigenvalue weighted by Gasteiger charge is -2.18. The summed E-state index contributed by atoms with van der Waals surface area (Å²) in [4.78, 5) is 23.5. The van der Waals surface area contributed by atoms with Crippen LogP contribution in [-0.2, 0) is 9.59 Å². The first-order chi connectivity index (χ1) is 13.0. The van der Waals surface area contributed by atoms with E-state index in [0.29, 0.717) is 41.8 Å². The first-order valence-electron chi connectivity index (χ1n) is 8.39. The zero-order valence-electron chi connectivity index (χ0n) is 15.1. The number of anilines is 2. The number of carbonyl (C=O) groups excluding carboxylic acids is 2. The van der Waals surface area contributed by atoms with Gasteiger partial charge in [0.2, 0.25) is 11.8 Å². The van der Waals surface area contributed by atoms with E-state index >= 15 is 0 Å². The predicted octanol–water partition coefficient (Wildman–Crippen LogP) is 3.08. The Balaban J connectivity index is 1.71. The molecule has 0 saturated heterocycles. The summed E-state index contributed by atoms with van der Waals surface area (Å²) in [6.45, 7) is 2.45. The minimum absolute atomic E-state index is 0.198. The molecule has 1 aliphatic heterocycles. The fourth-order valence-electron chi connectivity index (χ4n) is 2.60. The highest BCUT2D eigenvalue weighted by Crippen LogP contribution is 2.31. The Morgan fingerprint density at radius 1 is 1.04 bits per heavy atom. The maximum absolute atomic E-state index is 12.3. The van der Waals surface area contributed by atoms with E-state index in [1.807, 2.05) is 18.2 Å². The van der Waals surface area contributed by atoms with Gasteiger partial charge in [0.15, 0.2) is 11.5 Å². The van der Waals surface area contributed by atoms with Crippen molar-refractivity contribution >= 4 is 29.3 Å². The van der Waals surface area contributed by atoms with Gasteiger partial charge in [0, 0.05) is 18.7 Å². The minimum atomic E-state index is -0.330. The van der Waals surface area contributed by atoms with Crippen molar-refractivity contribution < 1.29 is 23.8 Å². The number of fused-ring (bicyclic) bond motifs is 1.